The number of carbonyl (C=O) groups excluding carboxylic acids is 1. The minimum atomic E-state index is -3.33. The Balaban J connectivity index is 1.54. The fourth-order valence-electron chi connectivity index (χ4n) is 5.91. The van der Waals surface area contributed by atoms with Crippen molar-refractivity contribution >= 4 is 48.8 Å². The lowest BCUT2D eigenvalue weighted by Crippen LogP contribution is -2.44. The Morgan fingerprint density at radius 2 is 1.57 bits per heavy atom. The Bertz CT molecular complexity index is 1780. The van der Waals surface area contributed by atoms with Gasteiger partial charge in [0.05, 0.1) is 32.9 Å². The molecule has 234 valence electrons. The second kappa shape index (κ2) is 13.1. The van der Waals surface area contributed by atoms with E-state index in [0.717, 1.165) is 65.8 Å². The first-order valence-corrected chi connectivity index (χ1v) is 17.3. The molecule has 44 heavy (non-hydrogen) atoms. The number of hydrogen-bond acceptors (Lipinski definition) is 6. The van der Waals surface area contributed by atoms with E-state index in [9.17, 15) is 22.0 Å². The lowest BCUT2D eigenvalue weighted by Gasteiger charge is -2.39. The van der Waals surface area contributed by atoms with Gasteiger partial charge in [0.2, 0.25) is 0 Å². The monoisotopic (exact) mass is 660 g/mol. The number of halogens is 3. The zero-order valence-electron chi connectivity index (χ0n) is 25.1. The van der Waals surface area contributed by atoms with Gasteiger partial charge in [0.1, 0.15) is 22.3 Å². The lowest BCUT2D eigenvalue weighted by molar-refractivity contribution is 0.0573. The number of amides is 1. The van der Waals surface area contributed by atoms with Crippen molar-refractivity contribution in [2.75, 3.05) is 27.0 Å². The van der Waals surface area contributed by atoms with E-state index in [4.69, 9.17) is 16.3 Å². The highest BCUT2D eigenvalue weighted by molar-refractivity contribution is 7.91. The summed E-state index contributed by atoms with van der Waals surface area (Å²) in [6.07, 6.45) is 3.31. The third-order valence-electron chi connectivity index (χ3n) is 8.52. The molecule has 1 aromatic heterocycles. The maximum Gasteiger partial charge on any atom is 0.266 e. The van der Waals surface area contributed by atoms with E-state index >= 15 is 0 Å². The first-order chi connectivity index (χ1) is 20.9. The number of sulfone groups is 1. The van der Waals surface area contributed by atoms with Crippen LogP contribution in [-0.4, -0.2) is 63.2 Å². The van der Waals surface area contributed by atoms with E-state index < -0.39 is 21.5 Å². The SMILES string of the molecule is CCS(=O)(=O)c1ccc(-c2ccc(OC)c(CN(C(=O)c3sc4c(F)ccc(F)c4c3Cl)C3CCC(N(C)C)CC3)c2)cc1. The van der Waals surface area contributed by atoms with Crippen LogP contribution in [0.25, 0.3) is 21.2 Å². The van der Waals surface area contributed by atoms with Gasteiger partial charge >= 0.3 is 0 Å². The van der Waals surface area contributed by atoms with Gasteiger partial charge in [-0.3, -0.25) is 4.79 Å². The molecule has 5 rings (SSSR count). The topological polar surface area (TPSA) is 66.9 Å². The Kier molecular flexibility index (Phi) is 9.65. The second-order valence-corrected chi connectivity index (χ2v) is 15.0. The molecule has 1 aliphatic rings. The van der Waals surface area contributed by atoms with E-state index in [2.05, 4.69) is 19.0 Å². The number of hydrogen-bond donors (Lipinski definition) is 0. The summed E-state index contributed by atoms with van der Waals surface area (Å²) >= 11 is 7.45. The van der Waals surface area contributed by atoms with Crippen LogP contribution in [0.15, 0.2) is 59.5 Å². The number of fused-ring (bicyclic) bond motifs is 1. The van der Waals surface area contributed by atoms with E-state index in [1.807, 2.05) is 18.2 Å². The summed E-state index contributed by atoms with van der Waals surface area (Å²) in [5.74, 6) is -1.09. The summed E-state index contributed by atoms with van der Waals surface area (Å²) in [6, 6.07) is 14.7. The van der Waals surface area contributed by atoms with E-state index in [-0.39, 0.29) is 49.1 Å². The van der Waals surface area contributed by atoms with Crippen molar-refractivity contribution in [1.29, 1.82) is 0 Å². The molecular formula is C33H35ClF2N2O4S2. The maximum absolute atomic E-state index is 14.7. The molecule has 3 aromatic carbocycles. The predicted molar refractivity (Wildman–Crippen MR) is 173 cm³/mol. The summed E-state index contributed by atoms with van der Waals surface area (Å²) in [5, 5.41) is -0.161. The molecule has 0 radical (unpaired) electrons. The largest absolute Gasteiger partial charge is 0.496 e. The van der Waals surface area contributed by atoms with Crippen molar-refractivity contribution < 1.29 is 26.7 Å². The van der Waals surface area contributed by atoms with Crippen LogP contribution in [0.2, 0.25) is 5.02 Å². The van der Waals surface area contributed by atoms with Crippen LogP contribution < -0.4 is 4.74 Å². The number of thiophene rings is 1. The summed E-state index contributed by atoms with van der Waals surface area (Å²) in [6.45, 7) is 1.79. The molecule has 6 nitrogen and oxygen atoms in total. The summed E-state index contributed by atoms with van der Waals surface area (Å²) < 4.78 is 59.7. The summed E-state index contributed by atoms with van der Waals surface area (Å²) in [5.41, 5.74) is 2.38. The van der Waals surface area contributed by atoms with Crippen LogP contribution in [-0.2, 0) is 16.4 Å². The molecule has 1 fully saturated rings. The molecule has 4 aromatic rings. The highest BCUT2D eigenvalue weighted by atomic mass is 35.5. The van der Waals surface area contributed by atoms with Crippen molar-refractivity contribution in [3.63, 3.8) is 0 Å². The molecule has 1 aliphatic carbocycles. The van der Waals surface area contributed by atoms with Gasteiger partial charge in [0.15, 0.2) is 9.84 Å². The second-order valence-electron chi connectivity index (χ2n) is 11.3. The molecule has 0 saturated heterocycles. The fraction of sp³-hybridized carbons (Fsp3) is 0.364. The van der Waals surface area contributed by atoms with Crippen LogP contribution >= 0.6 is 22.9 Å². The molecule has 0 N–H and O–H groups in total. The van der Waals surface area contributed by atoms with Crippen molar-refractivity contribution in [3.8, 4) is 16.9 Å². The van der Waals surface area contributed by atoms with Crippen molar-refractivity contribution in [1.82, 2.24) is 9.80 Å². The molecule has 1 amide bonds. The van der Waals surface area contributed by atoms with Crippen molar-refractivity contribution in [3.05, 3.63) is 81.7 Å². The molecule has 0 atom stereocenters. The zero-order chi connectivity index (χ0) is 31.8. The Morgan fingerprint density at radius 1 is 0.955 bits per heavy atom. The number of rotatable bonds is 9. The molecule has 1 saturated carbocycles. The first kappa shape index (κ1) is 32.3. The van der Waals surface area contributed by atoms with Crippen molar-refractivity contribution in [2.24, 2.45) is 0 Å². The number of benzene rings is 3. The normalized spacial score (nSPS) is 17.3. The highest BCUT2D eigenvalue weighted by Gasteiger charge is 2.33. The van der Waals surface area contributed by atoms with Gasteiger partial charge in [-0.2, -0.15) is 0 Å². The molecule has 1 heterocycles. The number of nitrogens with zero attached hydrogens (tertiary/aromatic N) is 2. The van der Waals surface area contributed by atoms with E-state index in [1.54, 1.807) is 43.2 Å². The van der Waals surface area contributed by atoms with Gasteiger partial charge in [-0.05, 0) is 87.3 Å². The van der Waals surface area contributed by atoms with Crippen molar-refractivity contribution in [2.45, 2.75) is 56.1 Å². The van der Waals surface area contributed by atoms with E-state index in [0.29, 0.717) is 11.8 Å². The van der Waals surface area contributed by atoms with Crippen LogP contribution in [0.4, 0.5) is 8.78 Å². The number of ether oxygens (including phenoxy) is 1. The average molecular weight is 661 g/mol. The highest BCUT2D eigenvalue weighted by Crippen LogP contribution is 2.41. The van der Waals surface area contributed by atoms with Gasteiger partial charge in [-0.1, -0.05) is 36.7 Å². The third-order valence-corrected chi connectivity index (χ3v) is 11.9. The molecule has 11 heteroatoms. The quantitative estimate of drug-likeness (QED) is 0.183. The molecule has 0 bridgehead atoms. The minimum absolute atomic E-state index is 0.0163. The Labute approximate surface area is 266 Å². The summed E-state index contributed by atoms with van der Waals surface area (Å²) in [7, 11) is 2.33. The minimum Gasteiger partial charge on any atom is -0.496 e. The maximum atomic E-state index is 14.7. The molecular weight excluding hydrogens is 626 g/mol. The van der Waals surface area contributed by atoms with Gasteiger partial charge < -0.3 is 14.5 Å². The van der Waals surface area contributed by atoms with Crippen LogP contribution in [0, 0.1) is 11.6 Å². The average Bonchev–Trinajstić information content (AvgIpc) is 3.39. The van der Waals surface area contributed by atoms with Gasteiger partial charge in [0, 0.05) is 24.2 Å². The Morgan fingerprint density at radius 3 is 2.16 bits per heavy atom. The van der Waals surface area contributed by atoms with Crippen LogP contribution in [0.1, 0.15) is 47.8 Å². The molecule has 0 unspecified atom stereocenters. The molecule has 0 aliphatic heterocycles. The van der Waals surface area contributed by atoms with Crippen LogP contribution in [0.5, 0.6) is 5.75 Å². The van der Waals surface area contributed by atoms with Crippen LogP contribution in [0.3, 0.4) is 0 Å². The van der Waals surface area contributed by atoms with E-state index in [1.165, 1.54) is 0 Å². The fourth-order valence-corrected chi connectivity index (χ4v) is 8.29. The molecule has 0 spiro atoms. The predicted octanol–water partition coefficient (Wildman–Crippen LogP) is 7.82. The number of methoxy groups -OCH3 is 1. The lowest BCUT2D eigenvalue weighted by atomic mass is 9.89. The zero-order valence-corrected chi connectivity index (χ0v) is 27.5. The Hall–Kier alpha value is -3.05. The first-order valence-electron chi connectivity index (χ1n) is 14.5. The van der Waals surface area contributed by atoms with Gasteiger partial charge in [-0.15, -0.1) is 11.3 Å². The number of carbonyl (C=O) groups is 1. The third kappa shape index (κ3) is 6.36. The smallest absolute Gasteiger partial charge is 0.266 e. The standard InChI is InChI=1S/C33H35ClF2N2O4S2/c1-5-44(40,41)25-13-6-20(7-14-25)21-8-17-28(42-4)22(18-21)19-38(24-11-9-23(10-12-24)37(2)3)33(39)32-30(34)29-26(35)15-16-27(36)31(29)43-32/h6-8,13-18,23-24H,5,9-12,19H2,1-4H3. The van der Waals surface area contributed by atoms with Gasteiger partial charge in [-0.25, -0.2) is 17.2 Å². The van der Waals surface area contributed by atoms with Gasteiger partial charge in [0.25, 0.3) is 5.91 Å². The summed E-state index contributed by atoms with van der Waals surface area (Å²) in [4.78, 5) is 18.6.